The van der Waals surface area contributed by atoms with E-state index in [1.165, 1.54) is 10.4 Å². The number of anilines is 1. The Hall–Kier alpha value is -1.90. The third kappa shape index (κ3) is 4.51. The number of hydrogen-bond donors (Lipinski definition) is 1. The number of rotatable bonds is 6. The van der Waals surface area contributed by atoms with Gasteiger partial charge >= 0.3 is 0 Å². The summed E-state index contributed by atoms with van der Waals surface area (Å²) in [6, 6.07) is 11.6. The molecule has 0 radical (unpaired) electrons. The summed E-state index contributed by atoms with van der Waals surface area (Å²) in [5.74, 6) is -0.0118. The predicted molar refractivity (Wildman–Crippen MR) is 108 cm³/mol. The number of carbonyl (C=O) groups is 1. The largest absolute Gasteiger partial charge is 0.492 e. The Labute approximate surface area is 167 Å². The summed E-state index contributed by atoms with van der Waals surface area (Å²) in [6.45, 7) is 3.16. The van der Waals surface area contributed by atoms with Crippen LogP contribution in [-0.2, 0) is 10.0 Å². The fourth-order valence-electron chi connectivity index (χ4n) is 2.93. The summed E-state index contributed by atoms with van der Waals surface area (Å²) in [6.07, 6.45) is 1.70. The van der Waals surface area contributed by atoms with Gasteiger partial charge in [-0.15, -0.1) is 0 Å². The molecule has 1 heterocycles. The van der Waals surface area contributed by atoms with E-state index in [0.29, 0.717) is 36.7 Å². The van der Waals surface area contributed by atoms with E-state index in [-0.39, 0.29) is 10.8 Å². The van der Waals surface area contributed by atoms with Crippen molar-refractivity contribution in [3.63, 3.8) is 0 Å². The molecule has 144 valence electrons. The maximum atomic E-state index is 13.0. The van der Waals surface area contributed by atoms with Gasteiger partial charge in [0.1, 0.15) is 10.6 Å². The number of carbonyl (C=O) groups excluding carboxylic acids is 1. The fourth-order valence-corrected chi connectivity index (χ4v) is 4.87. The SMILES string of the molecule is CCOc1ccc(NC(=O)c2ccc(Br)cc2)cc1S(=O)(=O)N1CCCC1. The van der Waals surface area contributed by atoms with Gasteiger partial charge in [-0.05, 0) is 62.2 Å². The van der Waals surface area contributed by atoms with E-state index in [1.54, 1.807) is 43.3 Å². The van der Waals surface area contributed by atoms with Crippen molar-refractivity contribution in [3.8, 4) is 5.75 Å². The molecule has 1 fully saturated rings. The van der Waals surface area contributed by atoms with Crippen LogP contribution in [0.5, 0.6) is 5.75 Å². The minimum absolute atomic E-state index is 0.0832. The molecule has 2 aromatic rings. The van der Waals surface area contributed by atoms with Crippen molar-refractivity contribution < 1.29 is 17.9 Å². The van der Waals surface area contributed by atoms with Crippen molar-refractivity contribution in [1.82, 2.24) is 4.31 Å². The number of sulfonamides is 1. The number of hydrogen-bond acceptors (Lipinski definition) is 4. The fraction of sp³-hybridized carbons (Fsp3) is 0.316. The first kappa shape index (κ1) is 19.9. The minimum atomic E-state index is -3.67. The van der Waals surface area contributed by atoms with Crippen LogP contribution >= 0.6 is 15.9 Å². The van der Waals surface area contributed by atoms with E-state index in [4.69, 9.17) is 4.74 Å². The highest BCUT2D eigenvalue weighted by Crippen LogP contribution is 2.31. The van der Waals surface area contributed by atoms with Crippen molar-refractivity contribution in [2.45, 2.75) is 24.7 Å². The van der Waals surface area contributed by atoms with Gasteiger partial charge in [-0.1, -0.05) is 15.9 Å². The summed E-state index contributed by atoms with van der Waals surface area (Å²) in [7, 11) is -3.67. The molecule has 3 rings (SSSR count). The van der Waals surface area contributed by atoms with Gasteiger partial charge in [0.2, 0.25) is 10.0 Å². The molecule has 1 N–H and O–H groups in total. The number of nitrogens with zero attached hydrogens (tertiary/aromatic N) is 1. The highest BCUT2D eigenvalue weighted by Gasteiger charge is 2.30. The predicted octanol–water partition coefficient (Wildman–Crippen LogP) is 3.88. The molecular weight excluding hydrogens is 432 g/mol. The lowest BCUT2D eigenvalue weighted by Crippen LogP contribution is -2.28. The highest BCUT2D eigenvalue weighted by molar-refractivity contribution is 9.10. The van der Waals surface area contributed by atoms with Gasteiger partial charge in [-0.3, -0.25) is 4.79 Å². The Morgan fingerprint density at radius 1 is 1.15 bits per heavy atom. The molecule has 0 aliphatic carbocycles. The van der Waals surface area contributed by atoms with E-state index < -0.39 is 10.0 Å². The second-order valence-corrected chi connectivity index (χ2v) is 8.99. The van der Waals surface area contributed by atoms with Gasteiger partial charge < -0.3 is 10.1 Å². The maximum absolute atomic E-state index is 13.0. The van der Waals surface area contributed by atoms with Crippen LogP contribution in [0.4, 0.5) is 5.69 Å². The lowest BCUT2D eigenvalue weighted by Gasteiger charge is -2.19. The molecule has 1 aliphatic heterocycles. The molecule has 1 saturated heterocycles. The average molecular weight is 453 g/mol. The zero-order valence-corrected chi connectivity index (χ0v) is 17.3. The molecule has 2 aromatic carbocycles. The summed E-state index contributed by atoms with van der Waals surface area (Å²) < 4.78 is 33.9. The van der Waals surface area contributed by atoms with Crippen LogP contribution in [0.2, 0.25) is 0 Å². The molecule has 0 unspecified atom stereocenters. The topological polar surface area (TPSA) is 75.7 Å². The van der Waals surface area contributed by atoms with Crippen molar-refractivity contribution in [2.24, 2.45) is 0 Å². The first-order chi connectivity index (χ1) is 12.9. The van der Waals surface area contributed by atoms with Gasteiger partial charge in [0.05, 0.1) is 6.61 Å². The van der Waals surface area contributed by atoms with E-state index in [0.717, 1.165) is 17.3 Å². The Balaban J connectivity index is 1.91. The van der Waals surface area contributed by atoms with Crippen molar-refractivity contribution in [2.75, 3.05) is 25.0 Å². The normalized spacial score (nSPS) is 14.9. The van der Waals surface area contributed by atoms with Crippen LogP contribution in [0.3, 0.4) is 0 Å². The van der Waals surface area contributed by atoms with Crippen LogP contribution < -0.4 is 10.1 Å². The average Bonchev–Trinajstić information content (AvgIpc) is 3.19. The van der Waals surface area contributed by atoms with Gasteiger partial charge in [0, 0.05) is 28.8 Å². The van der Waals surface area contributed by atoms with Crippen LogP contribution in [-0.4, -0.2) is 38.3 Å². The Kier molecular flexibility index (Phi) is 6.18. The van der Waals surface area contributed by atoms with Crippen molar-refractivity contribution in [1.29, 1.82) is 0 Å². The molecule has 0 spiro atoms. The summed E-state index contributed by atoms with van der Waals surface area (Å²) >= 11 is 3.33. The number of ether oxygens (including phenoxy) is 1. The molecule has 0 atom stereocenters. The number of benzene rings is 2. The number of halogens is 1. The van der Waals surface area contributed by atoms with Gasteiger partial charge in [0.25, 0.3) is 5.91 Å². The first-order valence-electron chi connectivity index (χ1n) is 8.75. The molecule has 6 nitrogen and oxygen atoms in total. The number of nitrogens with one attached hydrogen (secondary N) is 1. The summed E-state index contributed by atoms with van der Waals surface area (Å²) in [5.41, 5.74) is 0.889. The molecule has 8 heteroatoms. The molecule has 1 amide bonds. The van der Waals surface area contributed by atoms with E-state index in [9.17, 15) is 13.2 Å². The standard InChI is InChI=1S/C19H21BrN2O4S/c1-2-26-17-10-9-16(21-19(23)14-5-7-15(20)8-6-14)13-18(17)27(24,25)22-11-3-4-12-22/h5-10,13H,2-4,11-12H2,1H3,(H,21,23). The van der Waals surface area contributed by atoms with E-state index in [2.05, 4.69) is 21.2 Å². The lowest BCUT2D eigenvalue weighted by molar-refractivity contribution is 0.102. The van der Waals surface area contributed by atoms with Gasteiger partial charge in [0.15, 0.2) is 0 Å². The summed E-state index contributed by atoms with van der Waals surface area (Å²) in [4.78, 5) is 12.5. The Morgan fingerprint density at radius 2 is 1.81 bits per heavy atom. The Morgan fingerprint density at radius 3 is 2.44 bits per heavy atom. The molecule has 0 aromatic heterocycles. The third-order valence-corrected chi connectivity index (χ3v) is 6.74. The van der Waals surface area contributed by atoms with Crippen LogP contribution in [0.15, 0.2) is 51.8 Å². The van der Waals surface area contributed by atoms with Gasteiger partial charge in [-0.25, -0.2) is 8.42 Å². The van der Waals surface area contributed by atoms with Crippen molar-refractivity contribution >= 4 is 37.5 Å². The molecule has 0 saturated carbocycles. The van der Waals surface area contributed by atoms with E-state index in [1.807, 2.05) is 0 Å². The molecular formula is C19H21BrN2O4S. The first-order valence-corrected chi connectivity index (χ1v) is 11.0. The van der Waals surface area contributed by atoms with Crippen LogP contribution in [0.1, 0.15) is 30.1 Å². The zero-order valence-electron chi connectivity index (χ0n) is 14.9. The minimum Gasteiger partial charge on any atom is -0.492 e. The quantitative estimate of drug-likeness (QED) is 0.721. The van der Waals surface area contributed by atoms with E-state index >= 15 is 0 Å². The maximum Gasteiger partial charge on any atom is 0.255 e. The Bertz CT molecular complexity index is 923. The van der Waals surface area contributed by atoms with Crippen LogP contribution in [0, 0.1) is 0 Å². The second-order valence-electron chi connectivity index (χ2n) is 6.17. The second kappa shape index (κ2) is 8.41. The number of amides is 1. The molecule has 1 aliphatic rings. The summed E-state index contributed by atoms with van der Waals surface area (Å²) in [5, 5.41) is 2.76. The smallest absolute Gasteiger partial charge is 0.255 e. The van der Waals surface area contributed by atoms with Gasteiger partial charge in [-0.2, -0.15) is 4.31 Å². The molecule has 27 heavy (non-hydrogen) atoms. The zero-order chi connectivity index (χ0) is 19.4. The van der Waals surface area contributed by atoms with Crippen molar-refractivity contribution in [3.05, 3.63) is 52.5 Å². The highest BCUT2D eigenvalue weighted by atomic mass is 79.9. The van der Waals surface area contributed by atoms with Crippen LogP contribution in [0.25, 0.3) is 0 Å². The lowest BCUT2D eigenvalue weighted by atomic mass is 10.2. The monoisotopic (exact) mass is 452 g/mol. The molecule has 0 bridgehead atoms. The third-order valence-electron chi connectivity index (χ3n) is 4.29.